The Balaban J connectivity index is 2.29. The van der Waals surface area contributed by atoms with Gasteiger partial charge in [-0.05, 0) is 19.4 Å². The van der Waals surface area contributed by atoms with Gasteiger partial charge in [0.25, 0.3) is 0 Å². The van der Waals surface area contributed by atoms with Crippen LogP contribution >= 0.6 is 0 Å². The molecule has 0 aliphatic rings. The maximum absolute atomic E-state index is 11.7. The topological polar surface area (TPSA) is 70.1 Å². The minimum Gasteiger partial charge on any atom is -0.461 e. The summed E-state index contributed by atoms with van der Waals surface area (Å²) in [7, 11) is 0. The summed E-state index contributed by atoms with van der Waals surface area (Å²) in [5, 5.41) is 0. The number of rotatable bonds is 4. The van der Waals surface area contributed by atoms with Gasteiger partial charge in [0.1, 0.15) is 5.82 Å². The molecule has 0 amide bonds. The molecule has 1 atom stereocenters. The highest BCUT2D eigenvalue weighted by atomic mass is 16.5. The molecule has 1 heterocycles. The van der Waals surface area contributed by atoms with Crippen molar-refractivity contribution in [1.82, 2.24) is 9.55 Å². The van der Waals surface area contributed by atoms with Crippen molar-refractivity contribution < 1.29 is 9.53 Å². The molecule has 1 unspecified atom stereocenters. The SMILES string of the molecule is CCOC(=O)c1ncn(C(C)c2ccccc2)c1N. The molecular weight excluding hydrogens is 242 g/mol. The quantitative estimate of drug-likeness (QED) is 0.855. The first-order valence-corrected chi connectivity index (χ1v) is 6.19. The zero-order chi connectivity index (χ0) is 13.8. The van der Waals surface area contributed by atoms with Gasteiger partial charge in [0.2, 0.25) is 0 Å². The van der Waals surface area contributed by atoms with E-state index in [1.54, 1.807) is 17.8 Å². The van der Waals surface area contributed by atoms with Crippen LogP contribution in [-0.2, 0) is 4.74 Å². The summed E-state index contributed by atoms with van der Waals surface area (Å²) >= 11 is 0. The van der Waals surface area contributed by atoms with Crippen molar-refractivity contribution in [3.63, 3.8) is 0 Å². The van der Waals surface area contributed by atoms with E-state index >= 15 is 0 Å². The lowest BCUT2D eigenvalue weighted by Crippen LogP contribution is -2.12. The number of ether oxygens (including phenoxy) is 1. The first-order valence-electron chi connectivity index (χ1n) is 6.19. The monoisotopic (exact) mass is 259 g/mol. The Morgan fingerprint density at radius 3 is 2.74 bits per heavy atom. The second-order valence-electron chi connectivity index (χ2n) is 4.19. The number of nitrogen functional groups attached to an aromatic ring is 1. The Labute approximate surface area is 112 Å². The van der Waals surface area contributed by atoms with Gasteiger partial charge in [-0.25, -0.2) is 9.78 Å². The maximum Gasteiger partial charge on any atom is 0.360 e. The molecule has 5 heteroatoms. The first-order chi connectivity index (χ1) is 9.15. The number of carbonyl (C=O) groups excluding carboxylic acids is 1. The molecule has 0 fully saturated rings. The molecule has 19 heavy (non-hydrogen) atoms. The van der Waals surface area contributed by atoms with Crippen LogP contribution in [0.1, 0.15) is 35.9 Å². The Morgan fingerprint density at radius 1 is 1.42 bits per heavy atom. The standard InChI is InChI=1S/C14H17N3O2/c1-3-19-14(18)12-13(15)17(9-16-12)10(2)11-7-5-4-6-8-11/h4-10H,3,15H2,1-2H3. The molecule has 2 N–H and O–H groups in total. The number of hydrogen-bond acceptors (Lipinski definition) is 4. The second kappa shape index (κ2) is 5.56. The van der Waals surface area contributed by atoms with Crippen molar-refractivity contribution in [1.29, 1.82) is 0 Å². The maximum atomic E-state index is 11.7. The van der Waals surface area contributed by atoms with Gasteiger partial charge in [-0.2, -0.15) is 0 Å². The third-order valence-electron chi connectivity index (χ3n) is 3.00. The van der Waals surface area contributed by atoms with Crippen LogP contribution in [0.25, 0.3) is 0 Å². The van der Waals surface area contributed by atoms with Crippen molar-refractivity contribution in [2.45, 2.75) is 19.9 Å². The zero-order valence-corrected chi connectivity index (χ0v) is 11.0. The summed E-state index contributed by atoms with van der Waals surface area (Å²) in [6, 6.07) is 9.91. The summed E-state index contributed by atoms with van der Waals surface area (Å²) in [5.41, 5.74) is 7.24. The van der Waals surface area contributed by atoms with Gasteiger partial charge in [0.15, 0.2) is 5.69 Å². The molecule has 1 aromatic carbocycles. The van der Waals surface area contributed by atoms with Crippen molar-refractivity contribution in [3.05, 3.63) is 47.9 Å². The lowest BCUT2D eigenvalue weighted by molar-refractivity contribution is 0.0521. The molecule has 1 aromatic heterocycles. The van der Waals surface area contributed by atoms with Gasteiger partial charge in [0.05, 0.1) is 19.0 Å². The van der Waals surface area contributed by atoms with E-state index in [1.165, 1.54) is 0 Å². The van der Waals surface area contributed by atoms with Gasteiger partial charge in [0, 0.05) is 0 Å². The molecule has 5 nitrogen and oxygen atoms in total. The van der Waals surface area contributed by atoms with Gasteiger partial charge in [-0.1, -0.05) is 30.3 Å². The number of imidazole rings is 1. The Hall–Kier alpha value is -2.30. The molecule has 100 valence electrons. The average molecular weight is 259 g/mol. The van der Waals surface area contributed by atoms with Gasteiger partial charge in [-0.15, -0.1) is 0 Å². The molecule has 0 aliphatic heterocycles. The zero-order valence-electron chi connectivity index (χ0n) is 11.0. The summed E-state index contributed by atoms with van der Waals surface area (Å²) in [6.07, 6.45) is 1.57. The highest BCUT2D eigenvalue weighted by molar-refractivity contribution is 5.92. The molecule has 0 aliphatic carbocycles. The Morgan fingerprint density at radius 2 is 2.11 bits per heavy atom. The van der Waals surface area contributed by atoms with E-state index in [1.807, 2.05) is 37.3 Å². The summed E-state index contributed by atoms with van der Waals surface area (Å²) in [6.45, 7) is 4.05. The van der Waals surface area contributed by atoms with E-state index in [-0.39, 0.29) is 11.7 Å². The van der Waals surface area contributed by atoms with Gasteiger partial charge in [-0.3, -0.25) is 0 Å². The third kappa shape index (κ3) is 2.59. The predicted octanol–water partition coefficient (Wildman–Crippen LogP) is 2.25. The van der Waals surface area contributed by atoms with Crippen molar-refractivity contribution >= 4 is 11.8 Å². The Bertz CT molecular complexity index is 563. The summed E-state index contributed by atoms with van der Waals surface area (Å²) in [4.78, 5) is 15.7. The number of nitrogens with two attached hydrogens (primary N) is 1. The van der Waals surface area contributed by atoms with Crippen LogP contribution in [0.4, 0.5) is 5.82 Å². The third-order valence-corrected chi connectivity index (χ3v) is 3.00. The van der Waals surface area contributed by atoms with Crippen LogP contribution < -0.4 is 5.73 Å². The molecule has 0 saturated heterocycles. The van der Waals surface area contributed by atoms with Gasteiger partial charge < -0.3 is 15.0 Å². The van der Waals surface area contributed by atoms with Crippen LogP contribution in [-0.4, -0.2) is 22.1 Å². The fraction of sp³-hybridized carbons (Fsp3) is 0.286. The molecule has 0 radical (unpaired) electrons. The molecule has 0 spiro atoms. The Kier molecular flexibility index (Phi) is 3.85. The molecular formula is C14H17N3O2. The largest absolute Gasteiger partial charge is 0.461 e. The fourth-order valence-electron chi connectivity index (χ4n) is 1.93. The molecule has 2 aromatic rings. The number of aromatic nitrogens is 2. The summed E-state index contributed by atoms with van der Waals surface area (Å²) < 4.78 is 6.68. The van der Waals surface area contributed by atoms with E-state index in [4.69, 9.17) is 10.5 Å². The predicted molar refractivity (Wildman–Crippen MR) is 72.9 cm³/mol. The van der Waals surface area contributed by atoms with Crippen molar-refractivity contribution in [2.75, 3.05) is 12.3 Å². The lowest BCUT2D eigenvalue weighted by atomic mass is 10.1. The summed E-state index contributed by atoms with van der Waals surface area (Å²) in [5.74, 6) is -0.159. The van der Waals surface area contributed by atoms with Gasteiger partial charge >= 0.3 is 5.97 Å². The fourth-order valence-corrected chi connectivity index (χ4v) is 1.93. The molecule has 0 saturated carbocycles. The average Bonchev–Trinajstić information content (AvgIpc) is 2.81. The molecule has 2 rings (SSSR count). The highest BCUT2D eigenvalue weighted by Crippen LogP contribution is 2.23. The minimum absolute atomic E-state index is 0.0110. The van der Waals surface area contributed by atoms with Crippen LogP contribution in [0, 0.1) is 0 Å². The molecule has 0 bridgehead atoms. The number of hydrogen-bond donors (Lipinski definition) is 1. The van der Waals surface area contributed by atoms with Crippen molar-refractivity contribution in [2.24, 2.45) is 0 Å². The minimum atomic E-state index is -0.487. The normalized spacial score (nSPS) is 12.1. The van der Waals surface area contributed by atoms with E-state index in [0.717, 1.165) is 5.56 Å². The van der Waals surface area contributed by atoms with Crippen molar-refractivity contribution in [3.8, 4) is 0 Å². The lowest BCUT2D eigenvalue weighted by Gasteiger charge is -2.15. The van der Waals surface area contributed by atoms with Crippen LogP contribution in [0.3, 0.4) is 0 Å². The van der Waals surface area contributed by atoms with Crippen LogP contribution in [0.15, 0.2) is 36.7 Å². The number of benzene rings is 1. The van der Waals surface area contributed by atoms with E-state index < -0.39 is 5.97 Å². The van der Waals surface area contributed by atoms with E-state index in [2.05, 4.69) is 4.98 Å². The number of nitrogens with zero attached hydrogens (tertiary/aromatic N) is 2. The van der Waals surface area contributed by atoms with E-state index in [0.29, 0.717) is 12.4 Å². The first kappa shape index (κ1) is 13.1. The number of esters is 1. The second-order valence-corrected chi connectivity index (χ2v) is 4.19. The highest BCUT2D eigenvalue weighted by Gasteiger charge is 2.19. The number of anilines is 1. The van der Waals surface area contributed by atoms with Crippen LogP contribution in [0.2, 0.25) is 0 Å². The smallest absolute Gasteiger partial charge is 0.360 e. The van der Waals surface area contributed by atoms with E-state index in [9.17, 15) is 4.79 Å². The van der Waals surface area contributed by atoms with Crippen LogP contribution in [0.5, 0.6) is 0 Å². The number of carbonyl (C=O) groups is 1.